The van der Waals surface area contributed by atoms with E-state index in [0.717, 1.165) is 6.42 Å². The number of nitrogens with zero attached hydrogens (tertiary/aromatic N) is 1. The highest BCUT2D eigenvalue weighted by atomic mass is 15.1. The van der Waals surface area contributed by atoms with Gasteiger partial charge in [0.25, 0.3) is 0 Å². The van der Waals surface area contributed by atoms with Crippen LogP contribution in [0.5, 0.6) is 0 Å². The van der Waals surface area contributed by atoms with E-state index in [4.69, 9.17) is 0 Å². The number of aryl methyl sites for hydroxylation is 1. The van der Waals surface area contributed by atoms with E-state index in [1.165, 1.54) is 22.5 Å². The largest absolute Gasteiger partial charge is 0.344 e. The fourth-order valence-corrected chi connectivity index (χ4v) is 4.23. The van der Waals surface area contributed by atoms with Gasteiger partial charge in [0.2, 0.25) is 0 Å². The van der Waals surface area contributed by atoms with Gasteiger partial charge in [-0.2, -0.15) is 0 Å². The highest BCUT2D eigenvalue weighted by molar-refractivity contribution is 5.77. The highest BCUT2D eigenvalue weighted by Crippen LogP contribution is 2.55. The number of hydrogen-bond acceptors (Lipinski definition) is 1. The Bertz CT molecular complexity index is 755. The van der Waals surface area contributed by atoms with Crippen molar-refractivity contribution in [2.24, 2.45) is 0 Å². The number of hydrogen-bond donors (Lipinski definition) is 0. The van der Waals surface area contributed by atoms with E-state index in [9.17, 15) is 0 Å². The Hall–Kier alpha value is -1.76. The summed E-state index contributed by atoms with van der Waals surface area (Å²) in [6.07, 6.45) is 1.08. The normalized spacial score (nSPS) is 21.2. The third-order valence-corrected chi connectivity index (χ3v) is 5.87. The van der Waals surface area contributed by atoms with Crippen molar-refractivity contribution in [3.05, 3.63) is 58.1 Å². The minimum atomic E-state index is 0.329. The lowest BCUT2D eigenvalue weighted by Gasteiger charge is -2.48. The summed E-state index contributed by atoms with van der Waals surface area (Å²) in [5.74, 6) is 0.655. The molecule has 1 unspecified atom stereocenters. The molecule has 0 saturated heterocycles. The van der Waals surface area contributed by atoms with Gasteiger partial charge in [0.1, 0.15) is 0 Å². The number of fused-ring (bicyclic) bond motifs is 4. The molecule has 1 heteroatoms. The van der Waals surface area contributed by atoms with Crippen molar-refractivity contribution in [1.29, 1.82) is 0 Å². The molecule has 0 saturated carbocycles. The zero-order chi connectivity index (χ0) is 14.9. The molecule has 2 aromatic rings. The molecular weight excluding hydrogens is 254 g/mol. The second-order valence-corrected chi connectivity index (χ2v) is 7.34. The summed E-state index contributed by atoms with van der Waals surface area (Å²) in [6.45, 7) is 9.31. The van der Waals surface area contributed by atoms with Crippen LogP contribution in [0, 0.1) is 6.92 Å². The second-order valence-electron chi connectivity index (χ2n) is 7.34. The van der Waals surface area contributed by atoms with E-state index in [2.05, 4.69) is 70.0 Å². The van der Waals surface area contributed by atoms with Gasteiger partial charge < -0.3 is 4.90 Å². The van der Waals surface area contributed by atoms with Gasteiger partial charge in [-0.25, -0.2) is 0 Å². The lowest BCUT2D eigenvalue weighted by molar-refractivity contribution is 0.367. The molecule has 0 spiro atoms. The fraction of sp³-hybridized carbons (Fsp3) is 0.400. The Balaban J connectivity index is 1.92. The topological polar surface area (TPSA) is 3.24 Å². The summed E-state index contributed by atoms with van der Waals surface area (Å²) in [5.41, 5.74) is 10.6. The quantitative estimate of drug-likeness (QED) is 0.650. The maximum Gasteiger partial charge on any atom is 0.0447 e. The van der Waals surface area contributed by atoms with Crippen molar-refractivity contribution in [2.45, 2.75) is 45.4 Å². The first-order valence-electron chi connectivity index (χ1n) is 7.90. The maximum atomic E-state index is 2.38. The number of rotatable bonds is 0. The van der Waals surface area contributed by atoms with E-state index in [1.54, 1.807) is 16.7 Å². The smallest absolute Gasteiger partial charge is 0.0447 e. The third kappa shape index (κ3) is 1.52. The minimum Gasteiger partial charge on any atom is -0.344 e. The Morgan fingerprint density at radius 3 is 2.57 bits per heavy atom. The molecule has 4 rings (SSSR count). The third-order valence-electron chi connectivity index (χ3n) is 5.87. The molecule has 1 atom stereocenters. The first kappa shape index (κ1) is 12.9. The molecular formula is C20H23N. The Morgan fingerprint density at radius 2 is 1.81 bits per heavy atom. The van der Waals surface area contributed by atoms with Crippen molar-refractivity contribution in [2.75, 3.05) is 11.9 Å². The van der Waals surface area contributed by atoms with Gasteiger partial charge in [0.05, 0.1) is 0 Å². The standard InChI is InChI=1S/C20H23N/c1-12-6-8-17-14(10-12)11-15-18(21(17)5)9-7-16-19(15)13(2)20(16,3)4/h6-10,13H,11H2,1-5H3. The highest BCUT2D eigenvalue weighted by Gasteiger charge is 2.44. The summed E-state index contributed by atoms with van der Waals surface area (Å²) in [4.78, 5) is 2.37. The van der Waals surface area contributed by atoms with Crippen molar-refractivity contribution in [3.63, 3.8) is 0 Å². The predicted molar refractivity (Wildman–Crippen MR) is 89.9 cm³/mol. The summed E-state index contributed by atoms with van der Waals surface area (Å²) in [7, 11) is 2.20. The first-order chi connectivity index (χ1) is 9.91. The van der Waals surface area contributed by atoms with Gasteiger partial charge in [0.15, 0.2) is 0 Å². The minimum absolute atomic E-state index is 0.329. The van der Waals surface area contributed by atoms with Crippen LogP contribution in [0.4, 0.5) is 11.4 Å². The summed E-state index contributed by atoms with van der Waals surface area (Å²) >= 11 is 0. The molecule has 0 bridgehead atoms. The molecule has 0 aromatic heterocycles. The van der Waals surface area contributed by atoms with Crippen molar-refractivity contribution in [1.82, 2.24) is 0 Å². The molecule has 1 heterocycles. The lowest BCUT2D eigenvalue weighted by Crippen LogP contribution is -2.39. The molecule has 0 radical (unpaired) electrons. The Labute approximate surface area is 127 Å². The Morgan fingerprint density at radius 1 is 1.10 bits per heavy atom. The van der Waals surface area contributed by atoms with Crippen LogP contribution in [-0.2, 0) is 11.8 Å². The van der Waals surface area contributed by atoms with Crippen LogP contribution in [0.1, 0.15) is 54.5 Å². The monoisotopic (exact) mass is 277 g/mol. The summed E-state index contributed by atoms with van der Waals surface area (Å²) in [5, 5.41) is 0. The zero-order valence-corrected chi connectivity index (χ0v) is 13.6. The van der Waals surface area contributed by atoms with E-state index < -0.39 is 0 Å². The van der Waals surface area contributed by atoms with Gasteiger partial charge in [-0.05, 0) is 52.6 Å². The zero-order valence-electron chi connectivity index (χ0n) is 13.6. The van der Waals surface area contributed by atoms with Crippen LogP contribution in [0.2, 0.25) is 0 Å². The molecule has 0 amide bonds. The average molecular weight is 277 g/mol. The summed E-state index contributed by atoms with van der Waals surface area (Å²) < 4.78 is 0. The number of anilines is 2. The summed E-state index contributed by atoms with van der Waals surface area (Å²) in [6, 6.07) is 11.5. The van der Waals surface area contributed by atoms with E-state index in [-0.39, 0.29) is 0 Å². The molecule has 0 N–H and O–H groups in total. The molecule has 2 aliphatic rings. The molecule has 21 heavy (non-hydrogen) atoms. The molecule has 108 valence electrons. The van der Waals surface area contributed by atoms with Gasteiger partial charge >= 0.3 is 0 Å². The van der Waals surface area contributed by atoms with Crippen molar-refractivity contribution < 1.29 is 0 Å². The van der Waals surface area contributed by atoms with Crippen molar-refractivity contribution in [3.8, 4) is 0 Å². The van der Waals surface area contributed by atoms with Crippen molar-refractivity contribution >= 4 is 11.4 Å². The van der Waals surface area contributed by atoms with Crippen LogP contribution < -0.4 is 4.90 Å². The maximum absolute atomic E-state index is 2.38. The molecule has 1 aliphatic heterocycles. The van der Waals surface area contributed by atoms with Gasteiger partial charge in [0, 0.05) is 24.8 Å². The van der Waals surface area contributed by atoms with Crippen LogP contribution in [0.3, 0.4) is 0 Å². The Kier molecular flexibility index (Phi) is 2.41. The van der Waals surface area contributed by atoms with Gasteiger partial charge in [-0.1, -0.05) is 44.5 Å². The van der Waals surface area contributed by atoms with Gasteiger partial charge in [-0.15, -0.1) is 0 Å². The average Bonchev–Trinajstić information content (AvgIpc) is 2.45. The molecule has 0 fully saturated rings. The molecule has 1 nitrogen and oxygen atoms in total. The van der Waals surface area contributed by atoms with Crippen LogP contribution >= 0.6 is 0 Å². The first-order valence-corrected chi connectivity index (χ1v) is 7.90. The predicted octanol–water partition coefficient (Wildman–Crippen LogP) is 5.06. The molecule has 2 aromatic carbocycles. The fourth-order valence-electron chi connectivity index (χ4n) is 4.23. The second kappa shape index (κ2) is 3.91. The van der Waals surface area contributed by atoms with Crippen LogP contribution in [-0.4, -0.2) is 7.05 Å². The number of benzene rings is 2. The molecule has 1 aliphatic carbocycles. The lowest BCUT2D eigenvalue weighted by atomic mass is 9.57. The van der Waals surface area contributed by atoms with Gasteiger partial charge in [-0.3, -0.25) is 0 Å². The van der Waals surface area contributed by atoms with E-state index >= 15 is 0 Å². The van der Waals surface area contributed by atoms with E-state index in [1.807, 2.05) is 0 Å². The van der Waals surface area contributed by atoms with Crippen LogP contribution in [0.15, 0.2) is 30.3 Å². The van der Waals surface area contributed by atoms with E-state index in [0.29, 0.717) is 11.3 Å². The van der Waals surface area contributed by atoms with Crippen LogP contribution in [0.25, 0.3) is 0 Å². The SMILES string of the molecule is Cc1ccc2c(c1)Cc1c(ccc3c1C(C)C3(C)C)N2C.